The lowest BCUT2D eigenvalue weighted by Crippen LogP contribution is -2.15. The molecular weight excluding hydrogens is 392 g/mol. The number of hydrogen-bond acceptors (Lipinski definition) is 4. The summed E-state index contributed by atoms with van der Waals surface area (Å²) in [5.74, 6) is -0.389. The molecule has 0 fully saturated rings. The molecule has 0 aliphatic carbocycles. The van der Waals surface area contributed by atoms with Crippen LogP contribution in [0.15, 0.2) is 88.1 Å². The predicted molar refractivity (Wildman–Crippen MR) is 120 cm³/mol. The van der Waals surface area contributed by atoms with Gasteiger partial charge in [0.05, 0.1) is 6.42 Å². The van der Waals surface area contributed by atoms with E-state index >= 15 is 0 Å². The second kappa shape index (κ2) is 8.67. The molecule has 6 heteroatoms. The molecule has 154 valence electrons. The molecule has 0 saturated heterocycles. The number of aryl methyl sites for hydroxylation is 1. The molecule has 0 aliphatic rings. The van der Waals surface area contributed by atoms with Crippen LogP contribution < -0.4 is 16.3 Å². The topological polar surface area (TPSA) is 88.4 Å². The monoisotopic (exact) mass is 412 g/mol. The van der Waals surface area contributed by atoms with Crippen LogP contribution in [0.4, 0.5) is 11.4 Å². The molecule has 0 atom stereocenters. The van der Waals surface area contributed by atoms with E-state index < -0.39 is 5.63 Å². The quantitative estimate of drug-likeness (QED) is 0.471. The smallest absolute Gasteiger partial charge is 0.336 e. The van der Waals surface area contributed by atoms with E-state index in [0.717, 1.165) is 16.5 Å². The third-order valence-electron chi connectivity index (χ3n) is 4.85. The Balaban J connectivity index is 1.39. The highest BCUT2D eigenvalue weighted by molar-refractivity contribution is 6.04. The molecule has 0 radical (unpaired) electrons. The molecule has 4 rings (SSSR count). The van der Waals surface area contributed by atoms with Gasteiger partial charge >= 0.3 is 5.63 Å². The Morgan fingerprint density at radius 2 is 1.55 bits per heavy atom. The fraction of sp³-hybridized carbons (Fsp3) is 0.0800. The van der Waals surface area contributed by atoms with Gasteiger partial charge in [-0.25, -0.2) is 4.79 Å². The summed E-state index contributed by atoms with van der Waals surface area (Å²) in [6.45, 7) is 1.84. The fourth-order valence-corrected chi connectivity index (χ4v) is 3.29. The number of fused-ring (bicyclic) bond motifs is 1. The van der Waals surface area contributed by atoms with Crippen molar-refractivity contribution in [2.45, 2.75) is 13.3 Å². The Kier molecular flexibility index (Phi) is 5.62. The van der Waals surface area contributed by atoms with Gasteiger partial charge in [-0.3, -0.25) is 9.59 Å². The van der Waals surface area contributed by atoms with Crippen molar-refractivity contribution in [2.24, 2.45) is 0 Å². The van der Waals surface area contributed by atoms with Crippen LogP contribution in [0, 0.1) is 6.92 Å². The van der Waals surface area contributed by atoms with Crippen molar-refractivity contribution in [1.29, 1.82) is 0 Å². The van der Waals surface area contributed by atoms with Gasteiger partial charge in [0, 0.05) is 34.5 Å². The lowest BCUT2D eigenvalue weighted by atomic mass is 10.1. The number of carbonyl (C=O) groups is 2. The standard InChI is InChI=1S/C25H20N2O4/c1-16-13-24(29)31-22-15-20(11-12-21(16)22)26-23(28)14-17-7-9-19(10-8-17)27-25(30)18-5-3-2-4-6-18/h2-13,15H,14H2,1H3,(H,26,28)(H,27,30). The van der Waals surface area contributed by atoms with Gasteiger partial charge in [0.1, 0.15) is 5.58 Å². The SMILES string of the molecule is Cc1cc(=O)oc2cc(NC(=O)Cc3ccc(NC(=O)c4ccccc4)cc3)ccc12. The van der Waals surface area contributed by atoms with Gasteiger partial charge in [-0.1, -0.05) is 30.3 Å². The van der Waals surface area contributed by atoms with Crippen molar-refractivity contribution in [3.05, 3.63) is 106 Å². The van der Waals surface area contributed by atoms with Crippen molar-refractivity contribution in [3.63, 3.8) is 0 Å². The first kappa shape index (κ1) is 20.1. The van der Waals surface area contributed by atoms with E-state index in [1.807, 2.05) is 19.1 Å². The van der Waals surface area contributed by atoms with Crippen LogP contribution in [0.2, 0.25) is 0 Å². The number of anilines is 2. The van der Waals surface area contributed by atoms with Crippen LogP contribution >= 0.6 is 0 Å². The molecular formula is C25H20N2O4. The summed E-state index contributed by atoms with van der Waals surface area (Å²) in [5.41, 5.74) is 3.42. The van der Waals surface area contributed by atoms with Gasteiger partial charge in [0.2, 0.25) is 5.91 Å². The number of rotatable bonds is 5. The number of hydrogen-bond donors (Lipinski definition) is 2. The molecule has 3 aromatic carbocycles. The third kappa shape index (κ3) is 4.87. The number of benzene rings is 3. The zero-order valence-corrected chi connectivity index (χ0v) is 16.8. The van der Waals surface area contributed by atoms with Crippen LogP contribution in [0.25, 0.3) is 11.0 Å². The minimum absolute atomic E-state index is 0.169. The molecule has 1 aromatic heterocycles. The maximum atomic E-state index is 12.4. The number of carbonyl (C=O) groups excluding carboxylic acids is 2. The molecule has 0 unspecified atom stereocenters. The molecule has 4 aromatic rings. The Hall–Kier alpha value is -4.19. The maximum absolute atomic E-state index is 12.4. The molecule has 1 heterocycles. The van der Waals surface area contributed by atoms with Gasteiger partial charge in [-0.05, 0) is 54.4 Å². The molecule has 31 heavy (non-hydrogen) atoms. The van der Waals surface area contributed by atoms with Crippen LogP contribution in [0.3, 0.4) is 0 Å². The molecule has 0 aliphatic heterocycles. The van der Waals surface area contributed by atoms with Gasteiger partial charge in [-0.2, -0.15) is 0 Å². The Bertz CT molecular complexity index is 1310. The maximum Gasteiger partial charge on any atom is 0.336 e. The van der Waals surface area contributed by atoms with Gasteiger partial charge in [0.15, 0.2) is 0 Å². The molecule has 0 bridgehead atoms. The van der Waals surface area contributed by atoms with Crippen LogP contribution in [0.1, 0.15) is 21.5 Å². The van der Waals surface area contributed by atoms with Crippen molar-refractivity contribution in [3.8, 4) is 0 Å². The van der Waals surface area contributed by atoms with E-state index in [2.05, 4.69) is 10.6 Å². The Morgan fingerprint density at radius 1 is 0.839 bits per heavy atom. The van der Waals surface area contributed by atoms with Gasteiger partial charge in [0.25, 0.3) is 5.91 Å². The fourth-order valence-electron chi connectivity index (χ4n) is 3.29. The minimum Gasteiger partial charge on any atom is -0.423 e. The van der Waals surface area contributed by atoms with E-state index in [9.17, 15) is 14.4 Å². The van der Waals surface area contributed by atoms with Crippen molar-refractivity contribution >= 4 is 34.2 Å². The minimum atomic E-state index is -0.423. The second-order valence-electron chi connectivity index (χ2n) is 7.20. The first-order chi connectivity index (χ1) is 15.0. The lowest BCUT2D eigenvalue weighted by molar-refractivity contribution is -0.115. The summed E-state index contributed by atoms with van der Waals surface area (Å²) >= 11 is 0. The molecule has 6 nitrogen and oxygen atoms in total. The highest BCUT2D eigenvalue weighted by Gasteiger charge is 2.09. The van der Waals surface area contributed by atoms with Crippen LogP contribution in [-0.2, 0) is 11.2 Å². The van der Waals surface area contributed by atoms with Gasteiger partial charge < -0.3 is 15.1 Å². The normalized spacial score (nSPS) is 10.6. The molecule has 0 saturated carbocycles. The molecule has 0 spiro atoms. The van der Waals surface area contributed by atoms with Crippen molar-refractivity contribution < 1.29 is 14.0 Å². The zero-order valence-electron chi connectivity index (χ0n) is 16.8. The van der Waals surface area contributed by atoms with E-state index in [-0.39, 0.29) is 18.2 Å². The predicted octanol–water partition coefficient (Wildman–Crippen LogP) is 4.53. The second-order valence-corrected chi connectivity index (χ2v) is 7.20. The van der Waals surface area contributed by atoms with Crippen molar-refractivity contribution in [1.82, 2.24) is 0 Å². The number of nitrogens with one attached hydrogen (secondary N) is 2. The average molecular weight is 412 g/mol. The van der Waals surface area contributed by atoms with Crippen LogP contribution in [0.5, 0.6) is 0 Å². The average Bonchev–Trinajstić information content (AvgIpc) is 2.75. The summed E-state index contributed by atoms with van der Waals surface area (Å²) in [5, 5.41) is 6.47. The highest BCUT2D eigenvalue weighted by Crippen LogP contribution is 2.21. The first-order valence-electron chi connectivity index (χ1n) is 9.78. The zero-order chi connectivity index (χ0) is 21.8. The largest absolute Gasteiger partial charge is 0.423 e. The summed E-state index contributed by atoms with van der Waals surface area (Å²) in [6.07, 6.45) is 0.169. The summed E-state index contributed by atoms with van der Waals surface area (Å²) in [6, 6.07) is 22.7. The highest BCUT2D eigenvalue weighted by atomic mass is 16.4. The summed E-state index contributed by atoms with van der Waals surface area (Å²) < 4.78 is 5.22. The Labute approximate surface area is 178 Å². The summed E-state index contributed by atoms with van der Waals surface area (Å²) in [4.78, 5) is 36.2. The molecule has 2 N–H and O–H groups in total. The third-order valence-corrected chi connectivity index (χ3v) is 4.85. The van der Waals surface area contributed by atoms with E-state index in [0.29, 0.717) is 22.5 Å². The van der Waals surface area contributed by atoms with E-state index in [4.69, 9.17) is 4.42 Å². The lowest BCUT2D eigenvalue weighted by Gasteiger charge is -2.08. The van der Waals surface area contributed by atoms with E-state index in [1.54, 1.807) is 60.7 Å². The summed E-state index contributed by atoms with van der Waals surface area (Å²) in [7, 11) is 0. The number of amides is 2. The van der Waals surface area contributed by atoms with Crippen molar-refractivity contribution in [2.75, 3.05) is 10.6 Å². The van der Waals surface area contributed by atoms with Gasteiger partial charge in [-0.15, -0.1) is 0 Å². The molecule has 2 amide bonds. The first-order valence-corrected chi connectivity index (χ1v) is 9.78. The Morgan fingerprint density at radius 3 is 2.29 bits per heavy atom. The van der Waals surface area contributed by atoms with Crippen LogP contribution in [-0.4, -0.2) is 11.8 Å². The van der Waals surface area contributed by atoms with E-state index in [1.165, 1.54) is 6.07 Å².